The highest BCUT2D eigenvalue weighted by atomic mass is 35.5. The summed E-state index contributed by atoms with van der Waals surface area (Å²) in [4.78, 5) is 11.8. The minimum atomic E-state index is -0.146. The average Bonchev–Trinajstić information content (AvgIpc) is 2.43. The Morgan fingerprint density at radius 3 is 2.45 bits per heavy atom. The van der Waals surface area contributed by atoms with E-state index >= 15 is 0 Å². The summed E-state index contributed by atoms with van der Waals surface area (Å²) in [7, 11) is 0. The number of carbonyl (C=O) groups excluding carboxylic acids is 1. The molecule has 2 rings (SSSR count). The molecule has 0 aliphatic heterocycles. The number of aryl methyl sites for hydroxylation is 1. The van der Waals surface area contributed by atoms with E-state index in [4.69, 9.17) is 27.9 Å². The number of benzene rings is 2. The number of carbonyl (C=O) groups is 1. The lowest BCUT2D eigenvalue weighted by Gasteiger charge is -2.02. The van der Waals surface area contributed by atoms with Crippen molar-refractivity contribution >= 4 is 29.0 Å². The SMILES string of the molecule is Cc1cc(O/C=C/C(=O)c2ccc(Cl)cc2)ccc1Cl. The van der Waals surface area contributed by atoms with Crippen molar-refractivity contribution in [3.05, 3.63) is 76.0 Å². The predicted octanol–water partition coefficient (Wildman–Crippen LogP) is 5.08. The standard InChI is InChI=1S/C16H12Cl2O2/c1-11-10-14(6-7-15(11)18)20-9-8-16(19)12-2-4-13(17)5-3-12/h2-10H,1H3/b9-8+. The molecule has 0 saturated heterocycles. The zero-order valence-electron chi connectivity index (χ0n) is 10.8. The summed E-state index contributed by atoms with van der Waals surface area (Å²) >= 11 is 11.7. The molecule has 0 aliphatic rings. The molecule has 0 atom stereocenters. The van der Waals surface area contributed by atoms with Crippen molar-refractivity contribution in [3.63, 3.8) is 0 Å². The van der Waals surface area contributed by atoms with Gasteiger partial charge in [0.05, 0.1) is 6.26 Å². The quantitative estimate of drug-likeness (QED) is 0.447. The number of hydrogen-bond acceptors (Lipinski definition) is 2. The zero-order valence-corrected chi connectivity index (χ0v) is 12.3. The first-order valence-electron chi connectivity index (χ1n) is 5.95. The Morgan fingerprint density at radius 2 is 1.80 bits per heavy atom. The summed E-state index contributed by atoms with van der Waals surface area (Å²) in [6, 6.07) is 12.0. The molecule has 0 bridgehead atoms. The number of hydrogen-bond donors (Lipinski definition) is 0. The molecular weight excluding hydrogens is 295 g/mol. The Bertz CT molecular complexity index is 646. The maximum atomic E-state index is 11.8. The van der Waals surface area contributed by atoms with Crippen molar-refractivity contribution in [2.75, 3.05) is 0 Å². The average molecular weight is 307 g/mol. The first-order chi connectivity index (χ1) is 9.56. The second kappa shape index (κ2) is 6.60. The zero-order chi connectivity index (χ0) is 14.5. The van der Waals surface area contributed by atoms with Crippen LogP contribution in [0.25, 0.3) is 0 Å². The van der Waals surface area contributed by atoms with E-state index in [1.165, 1.54) is 12.3 Å². The van der Waals surface area contributed by atoms with E-state index in [1.807, 2.05) is 6.92 Å². The molecule has 0 saturated carbocycles. The van der Waals surface area contributed by atoms with Gasteiger partial charge >= 0.3 is 0 Å². The number of ether oxygens (including phenoxy) is 1. The predicted molar refractivity (Wildman–Crippen MR) is 81.7 cm³/mol. The third kappa shape index (κ3) is 3.86. The molecule has 0 N–H and O–H groups in total. The van der Waals surface area contributed by atoms with Gasteiger partial charge in [0.1, 0.15) is 5.75 Å². The molecule has 2 aromatic rings. The first-order valence-corrected chi connectivity index (χ1v) is 6.71. The number of halogens is 2. The molecule has 0 aromatic heterocycles. The van der Waals surface area contributed by atoms with Gasteiger partial charge in [0.2, 0.25) is 0 Å². The lowest BCUT2D eigenvalue weighted by atomic mass is 10.1. The second-order valence-corrected chi connectivity index (χ2v) is 5.05. The van der Waals surface area contributed by atoms with Crippen LogP contribution < -0.4 is 4.74 Å². The summed E-state index contributed by atoms with van der Waals surface area (Å²) in [5.41, 5.74) is 1.48. The van der Waals surface area contributed by atoms with Crippen molar-refractivity contribution in [1.82, 2.24) is 0 Å². The molecule has 0 amide bonds. The fourth-order valence-corrected chi connectivity index (χ4v) is 1.82. The summed E-state index contributed by atoms with van der Waals surface area (Å²) in [5, 5.41) is 1.27. The summed E-state index contributed by atoms with van der Waals surface area (Å²) in [5.74, 6) is 0.486. The smallest absolute Gasteiger partial charge is 0.188 e. The molecule has 102 valence electrons. The molecule has 20 heavy (non-hydrogen) atoms. The van der Waals surface area contributed by atoms with Crippen molar-refractivity contribution in [2.24, 2.45) is 0 Å². The van der Waals surface area contributed by atoms with Crippen LogP contribution in [-0.2, 0) is 0 Å². The highest BCUT2D eigenvalue weighted by molar-refractivity contribution is 6.31. The Balaban J connectivity index is 2.00. The second-order valence-electron chi connectivity index (χ2n) is 4.20. The van der Waals surface area contributed by atoms with Gasteiger partial charge in [-0.25, -0.2) is 0 Å². The van der Waals surface area contributed by atoms with Gasteiger partial charge in [-0.1, -0.05) is 23.2 Å². The minimum absolute atomic E-state index is 0.146. The van der Waals surface area contributed by atoms with E-state index < -0.39 is 0 Å². The van der Waals surface area contributed by atoms with Gasteiger partial charge in [0.15, 0.2) is 5.78 Å². The molecule has 0 fully saturated rings. The van der Waals surface area contributed by atoms with E-state index in [2.05, 4.69) is 0 Å². The molecule has 0 radical (unpaired) electrons. The Hall–Kier alpha value is -1.77. The molecule has 2 nitrogen and oxygen atoms in total. The van der Waals surface area contributed by atoms with E-state index in [0.717, 1.165) is 5.56 Å². The molecule has 2 aromatic carbocycles. The van der Waals surface area contributed by atoms with Crippen LogP contribution in [0.4, 0.5) is 0 Å². The van der Waals surface area contributed by atoms with E-state index in [1.54, 1.807) is 42.5 Å². The van der Waals surface area contributed by atoms with Crippen LogP contribution in [0.15, 0.2) is 54.8 Å². The van der Waals surface area contributed by atoms with Crippen molar-refractivity contribution < 1.29 is 9.53 Å². The largest absolute Gasteiger partial charge is 0.465 e. The van der Waals surface area contributed by atoms with Crippen molar-refractivity contribution in [2.45, 2.75) is 6.92 Å². The summed E-state index contributed by atoms with van der Waals surface area (Å²) < 4.78 is 5.37. The highest BCUT2D eigenvalue weighted by Crippen LogP contribution is 2.21. The van der Waals surface area contributed by atoms with E-state index in [0.29, 0.717) is 21.4 Å². The fourth-order valence-electron chi connectivity index (χ4n) is 1.58. The molecule has 0 aliphatic carbocycles. The third-order valence-electron chi connectivity index (χ3n) is 2.68. The van der Waals surface area contributed by atoms with Gasteiger partial charge in [0.25, 0.3) is 0 Å². The molecule has 0 heterocycles. The lowest BCUT2D eigenvalue weighted by molar-refractivity contribution is 0.104. The third-order valence-corrected chi connectivity index (χ3v) is 3.36. The first kappa shape index (κ1) is 14.6. The molecule has 0 spiro atoms. The van der Waals surface area contributed by atoms with Crippen LogP contribution in [0.2, 0.25) is 10.0 Å². The Morgan fingerprint density at radius 1 is 1.10 bits per heavy atom. The van der Waals surface area contributed by atoms with E-state index in [9.17, 15) is 4.79 Å². The van der Waals surface area contributed by atoms with Crippen LogP contribution in [0.5, 0.6) is 5.75 Å². The normalized spacial score (nSPS) is 10.8. The van der Waals surface area contributed by atoms with Crippen LogP contribution >= 0.6 is 23.2 Å². The lowest BCUT2D eigenvalue weighted by Crippen LogP contribution is -1.94. The number of rotatable bonds is 4. The molecular formula is C16H12Cl2O2. The maximum Gasteiger partial charge on any atom is 0.188 e. The van der Waals surface area contributed by atoms with Gasteiger partial charge in [-0.15, -0.1) is 0 Å². The van der Waals surface area contributed by atoms with Crippen molar-refractivity contribution in [3.8, 4) is 5.75 Å². The summed E-state index contributed by atoms with van der Waals surface area (Å²) in [6.07, 6.45) is 2.73. The number of allylic oxidation sites excluding steroid dienone is 1. The minimum Gasteiger partial charge on any atom is -0.465 e. The molecule has 0 unspecified atom stereocenters. The van der Waals surface area contributed by atoms with Crippen molar-refractivity contribution in [1.29, 1.82) is 0 Å². The fraction of sp³-hybridized carbons (Fsp3) is 0.0625. The monoisotopic (exact) mass is 306 g/mol. The van der Waals surface area contributed by atoms with Gasteiger partial charge in [-0.05, 0) is 55.0 Å². The van der Waals surface area contributed by atoms with Crippen LogP contribution in [0.1, 0.15) is 15.9 Å². The van der Waals surface area contributed by atoms with Gasteiger partial charge in [-0.3, -0.25) is 4.79 Å². The highest BCUT2D eigenvalue weighted by Gasteiger charge is 2.01. The Kier molecular flexibility index (Phi) is 4.83. The summed E-state index contributed by atoms with van der Waals surface area (Å²) in [6.45, 7) is 1.89. The molecule has 4 heteroatoms. The van der Waals surface area contributed by atoms with Gasteiger partial charge in [0, 0.05) is 21.7 Å². The van der Waals surface area contributed by atoms with Crippen LogP contribution in [-0.4, -0.2) is 5.78 Å². The van der Waals surface area contributed by atoms with E-state index in [-0.39, 0.29) is 5.78 Å². The van der Waals surface area contributed by atoms with Crippen LogP contribution in [0.3, 0.4) is 0 Å². The maximum absolute atomic E-state index is 11.8. The number of ketones is 1. The Labute approximate surface area is 127 Å². The van der Waals surface area contributed by atoms with Crippen LogP contribution in [0, 0.1) is 6.92 Å². The topological polar surface area (TPSA) is 26.3 Å². The van der Waals surface area contributed by atoms with Gasteiger partial charge in [-0.2, -0.15) is 0 Å². The van der Waals surface area contributed by atoms with Gasteiger partial charge < -0.3 is 4.74 Å².